The minimum atomic E-state index is -4.11. The molecule has 1 heterocycles. The van der Waals surface area contributed by atoms with Gasteiger partial charge in [-0.15, -0.1) is 0 Å². The summed E-state index contributed by atoms with van der Waals surface area (Å²) in [4.78, 5) is 2.23. The summed E-state index contributed by atoms with van der Waals surface area (Å²) >= 11 is 0. The van der Waals surface area contributed by atoms with Crippen molar-refractivity contribution in [3.05, 3.63) is 33.4 Å². The molecule has 1 N–H and O–H groups in total. The van der Waals surface area contributed by atoms with E-state index in [1.165, 1.54) is 16.7 Å². The number of benzene rings is 1. The number of piperazine rings is 1. The van der Waals surface area contributed by atoms with Crippen LogP contribution in [-0.4, -0.2) is 37.3 Å². The fourth-order valence-electron chi connectivity index (χ4n) is 3.83. The molecule has 2 nitrogen and oxygen atoms in total. The summed E-state index contributed by atoms with van der Waals surface area (Å²) < 4.78 is 38.7. The van der Waals surface area contributed by atoms with Crippen LogP contribution in [0.1, 0.15) is 52.3 Å². The molecule has 1 atom stereocenters. The van der Waals surface area contributed by atoms with Crippen molar-refractivity contribution in [2.45, 2.75) is 59.7 Å². The molecule has 0 aliphatic carbocycles. The highest BCUT2D eigenvalue weighted by atomic mass is 19.4. The maximum Gasteiger partial charge on any atom is 0.389 e. The molecule has 0 unspecified atom stereocenters. The lowest BCUT2D eigenvalue weighted by Crippen LogP contribution is -2.45. The van der Waals surface area contributed by atoms with E-state index in [0.29, 0.717) is 0 Å². The van der Waals surface area contributed by atoms with Crippen molar-refractivity contribution in [3.8, 4) is 0 Å². The molecule has 1 fully saturated rings. The lowest BCUT2D eigenvalue weighted by atomic mass is 9.84. The van der Waals surface area contributed by atoms with E-state index in [1.54, 1.807) is 0 Å². The first-order valence-electron chi connectivity index (χ1n) is 8.72. The summed E-state index contributed by atoms with van der Waals surface area (Å²) in [5, 5.41) is 3.29. The van der Waals surface area contributed by atoms with Crippen molar-refractivity contribution in [2.75, 3.05) is 26.2 Å². The molecular weight excluding hydrogens is 313 g/mol. The maximum absolute atomic E-state index is 12.9. The van der Waals surface area contributed by atoms with Crippen LogP contribution in [-0.2, 0) is 0 Å². The van der Waals surface area contributed by atoms with E-state index in [2.05, 4.69) is 44.8 Å². The van der Waals surface area contributed by atoms with Crippen molar-refractivity contribution >= 4 is 0 Å². The van der Waals surface area contributed by atoms with Crippen LogP contribution in [0.2, 0.25) is 0 Å². The SMILES string of the molecule is Cc1c(C)c(C)c([C@H](CCC(F)(F)F)N2CCNCC2)c(C)c1C. The van der Waals surface area contributed by atoms with Crippen LogP contribution in [0.5, 0.6) is 0 Å². The smallest absolute Gasteiger partial charge is 0.314 e. The van der Waals surface area contributed by atoms with Gasteiger partial charge in [-0.25, -0.2) is 0 Å². The van der Waals surface area contributed by atoms with E-state index < -0.39 is 12.6 Å². The summed E-state index contributed by atoms with van der Waals surface area (Å²) in [5.41, 5.74) is 7.09. The Balaban J connectivity index is 2.46. The average molecular weight is 342 g/mol. The molecular formula is C19H29F3N2. The summed E-state index contributed by atoms with van der Waals surface area (Å²) in [7, 11) is 0. The predicted octanol–water partition coefficient (Wildman–Crippen LogP) is 4.52. The summed E-state index contributed by atoms with van der Waals surface area (Å²) in [5.74, 6) is 0. The van der Waals surface area contributed by atoms with Gasteiger partial charge in [0.2, 0.25) is 0 Å². The quantitative estimate of drug-likeness (QED) is 0.865. The Morgan fingerprint density at radius 2 is 1.33 bits per heavy atom. The Labute approximate surface area is 143 Å². The van der Waals surface area contributed by atoms with Crippen molar-refractivity contribution in [2.24, 2.45) is 0 Å². The number of nitrogens with one attached hydrogen (secondary N) is 1. The van der Waals surface area contributed by atoms with Crippen LogP contribution in [0.15, 0.2) is 0 Å². The number of alkyl halides is 3. The number of rotatable bonds is 4. The van der Waals surface area contributed by atoms with Crippen LogP contribution in [0.3, 0.4) is 0 Å². The number of hydrogen-bond acceptors (Lipinski definition) is 2. The second-order valence-electron chi connectivity index (χ2n) is 6.99. The molecule has 1 aromatic rings. The topological polar surface area (TPSA) is 15.3 Å². The summed E-state index contributed by atoms with van der Waals surface area (Å²) in [6.45, 7) is 13.7. The first-order chi connectivity index (χ1) is 11.1. The van der Waals surface area contributed by atoms with Gasteiger partial charge < -0.3 is 5.32 Å². The monoisotopic (exact) mass is 342 g/mol. The van der Waals surface area contributed by atoms with Gasteiger partial charge in [-0.3, -0.25) is 4.90 Å². The zero-order valence-corrected chi connectivity index (χ0v) is 15.4. The van der Waals surface area contributed by atoms with Gasteiger partial charge in [-0.05, 0) is 74.4 Å². The Morgan fingerprint density at radius 3 is 1.79 bits per heavy atom. The molecule has 1 aliphatic rings. The molecule has 1 aromatic carbocycles. The highest BCUT2D eigenvalue weighted by Gasteiger charge is 2.33. The van der Waals surface area contributed by atoms with Gasteiger partial charge in [0, 0.05) is 38.6 Å². The lowest BCUT2D eigenvalue weighted by molar-refractivity contribution is -0.138. The molecule has 136 valence electrons. The third-order valence-corrected chi connectivity index (χ3v) is 5.68. The Kier molecular flexibility index (Phi) is 5.97. The van der Waals surface area contributed by atoms with Crippen molar-refractivity contribution in [3.63, 3.8) is 0 Å². The summed E-state index contributed by atoms with van der Waals surface area (Å²) in [6.07, 6.45) is -4.71. The van der Waals surface area contributed by atoms with E-state index in [9.17, 15) is 13.2 Å². The summed E-state index contributed by atoms with van der Waals surface area (Å²) in [6, 6.07) is -0.160. The fraction of sp³-hybridized carbons (Fsp3) is 0.684. The Morgan fingerprint density at radius 1 is 0.875 bits per heavy atom. The number of halogens is 3. The highest BCUT2D eigenvalue weighted by molar-refractivity contribution is 5.50. The van der Waals surface area contributed by atoms with Crippen LogP contribution < -0.4 is 5.32 Å². The highest BCUT2D eigenvalue weighted by Crippen LogP contribution is 2.38. The van der Waals surface area contributed by atoms with Gasteiger partial charge in [0.15, 0.2) is 0 Å². The van der Waals surface area contributed by atoms with Gasteiger partial charge >= 0.3 is 6.18 Å². The van der Waals surface area contributed by atoms with Crippen molar-refractivity contribution < 1.29 is 13.2 Å². The van der Waals surface area contributed by atoms with Gasteiger partial charge in [0.25, 0.3) is 0 Å². The van der Waals surface area contributed by atoms with Crippen LogP contribution in [0.4, 0.5) is 13.2 Å². The van der Waals surface area contributed by atoms with Crippen molar-refractivity contribution in [1.29, 1.82) is 0 Å². The molecule has 24 heavy (non-hydrogen) atoms. The first kappa shape index (κ1) is 19.3. The Hall–Kier alpha value is -1.07. The molecule has 0 bridgehead atoms. The van der Waals surface area contributed by atoms with Crippen molar-refractivity contribution in [1.82, 2.24) is 10.2 Å². The molecule has 0 saturated carbocycles. The molecule has 0 spiro atoms. The van der Waals surface area contributed by atoms with Gasteiger partial charge in [0.05, 0.1) is 0 Å². The Bertz CT molecular complexity index is 558. The van der Waals surface area contributed by atoms with E-state index in [4.69, 9.17) is 0 Å². The zero-order chi connectivity index (χ0) is 18.1. The largest absolute Gasteiger partial charge is 0.389 e. The van der Waals surface area contributed by atoms with E-state index >= 15 is 0 Å². The number of nitrogens with zero attached hydrogens (tertiary/aromatic N) is 1. The normalized spacial score (nSPS) is 18.0. The second-order valence-corrected chi connectivity index (χ2v) is 6.99. The maximum atomic E-state index is 12.9. The van der Waals surface area contributed by atoms with E-state index in [1.807, 2.05) is 0 Å². The standard InChI is InChI=1S/C19H29F3N2/c1-12-13(2)15(4)18(16(5)14(12)3)17(6-7-19(20,21)22)24-10-8-23-9-11-24/h17,23H,6-11H2,1-5H3/t17-/m0/s1. The number of hydrogen-bond donors (Lipinski definition) is 1. The fourth-order valence-corrected chi connectivity index (χ4v) is 3.83. The van der Waals surface area contributed by atoms with E-state index in [0.717, 1.165) is 42.9 Å². The third kappa shape index (κ3) is 4.12. The minimum Gasteiger partial charge on any atom is -0.314 e. The molecule has 0 radical (unpaired) electrons. The lowest BCUT2D eigenvalue weighted by Gasteiger charge is -2.38. The average Bonchev–Trinajstić information content (AvgIpc) is 2.54. The third-order valence-electron chi connectivity index (χ3n) is 5.68. The van der Waals surface area contributed by atoms with Crippen LogP contribution in [0, 0.1) is 34.6 Å². The van der Waals surface area contributed by atoms with E-state index in [-0.39, 0.29) is 12.5 Å². The molecule has 2 rings (SSSR count). The van der Waals surface area contributed by atoms with Gasteiger partial charge in [-0.1, -0.05) is 0 Å². The predicted molar refractivity (Wildman–Crippen MR) is 92.6 cm³/mol. The second kappa shape index (κ2) is 7.44. The molecule has 0 amide bonds. The molecule has 1 saturated heterocycles. The zero-order valence-electron chi connectivity index (χ0n) is 15.4. The van der Waals surface area contributed by atoms with Gasteiger partial charge in [-0.2, -0.15) is 13.2 Å². The molecule has 5 heteroatoms. The van der Waals surface area contributed by atoms with Gasteiger partial charge in [0.1, 0.15) is 0 Å². The molecule has 1 aliphatic heterocycles. The first-order valence-corrected chi connectivity index (χ1v) is 8.72. The van der Waals surface area contributed by atoms with Crippen LogP contribution >= 0.6 is 0 Å². The minimum absolute atomic E-state index is 0.132. The molecule has 0 aromatic heterocycles. The van der Waals surface area contributed by atoms with Crippen LogP contribution in [0.25, 0.3) is 0 Å².